The van der Waals surface area contributed by atoms with E-state index in [1.165, 1.54) is 6.92 Å². The largest absolute Gasteiger partial charge is 0.466 e. The molecule has 1 aromatic carbocycles. The zero-order chi connectivity index (χ0) is 12.8. The summed E-state index contributed by atoms with van der Waals surface area (Å²) in [5.41, 5.74) is 2.62. The number of hydrogen-bond donors (Lipinski definition) is 1. The fraction of sp³-hybridized carbons (Fsp3) is 0.385. The van der Waals surface area contributed by atoms with Crippen LogP contribution in [0.4, 0.5) is 5.69 Å². The van der Waals surface area contributed by atoms with E-state index >= 15 is 0 Å². The molecule has 4 heteroatoms. The van der Waals surface area contributed by atoms with Gasteiger partial charge in [0, 0.05) is 12.6 Å². The van der Waals surface area contributed by atoms with E-state index in [1.807, 2.05) is 19.1 Å². The number of rotatable bonds is 4. The van der Waals surface area contributed by atoms with Crippen molar-refractivity contribution in [2.24, 2.45) is 0 Å². The van der Waals surface area contributed by atoms with Crippen LogP contribution >= 0.6 is 0 Å². The second-order valence-electron chi connectivity index (χ2n) is 3.80. The molecule has 1 aromatic rings. The molecule has 0 fully saturated rings. The van der Waals surface area contributed by atoms with Crippen LogP contribution in [0.25, 0.3) is 0 Å². The van der Waals surface area contributed by atoms with Crippen LogP contribution in [0.3, 0.4) is 0 Å². The van der Waals surface area contributed by atoms with Gasteiger partial charge in [-0.05, 0) is 37.1 Å². The molecule has 0 saturated carbocycles. The number of ether oxygens (including phenoxy) is 1. The van der Waals surface area contributed by atoms with Crippen LogP contribution in [-0.4, -0.2) is 18.5 Å². The molecule has 0 unspecified atom stereocenters. The van der Waals surface area contributed by atoms with Crippen molar-refractivity contribution in [3.05, 3.63) is 29.3 Å². The van der Waals surface area contributed by atoms with Gasteiger partial charge in [-0.15, -0.1) is 0 Å². The topological polar surface area (TPSA) is 55.4 Å². The number of carbonyl (C=O) groups excluding carboxylic acids is 2. The van der Waals surface area contributed by atoms with Crippen molar-refractivity contribution in [2.45, 2.75) is 27.2 Å². The van der Waals surface area contributed by atoms with E-state index in [0.29, 0.717) is 6.61 Å². The molecule has 1 rings (SSSR count). The van der Waals surface area contributed by atoms with Crippen LogP contribution in [0.2, 0.25) is 0 Å². The molecule has 0 aromatic heterocycles. The van der Waals surface area contributed by atoms with Gasteiger partial charge in [-0.3, -0.25) is 9.59 Å². The summed E-state index contributed by atoms with van der Waals surface area (Å²) in [4.78, 5) is 22.2. The van der Waals surface area contributed by atoms with Crippen LogP contribution in [0.1, 0.15) is 25.0 Å². The normalized spacial score (nSPS) is 9.82. The van der Waals surface area contributed by atoms with E-state index in [0.717, 1.165) is 16.8 Å². The van der Waals surface area contributed by atoms with E-state index in [4.69, 9.17) is 4.74 Å². The minimum atomic E-state index is -0.233. The predicted molar refractivity (Wildman–Crippen MR) is 65.8 cm³/mol. The Morgan fingerprint density at radius 1 is 1.35 bits per heavy atom. The Labute approximate surface area is 101 Å². The summed E-state index contributed by atoms with van der Waals surface area (Å²) in [5.74, 6) is -0.342. The van der Waals surface area contributed by atoms with Crippen molar-refractivity contribution < 1.29 is 14.3 Å². The van der Waals surface area contributed by atoms with Gasteiger partial charge in [0.25, 0.3) is 0 Å². The minimum Gasteiger partial charge on any atom is -0.466 e. The lowest BCUT2D eigenvalue weighted by molar-refractivity contribution is -0.142. The van der Waals surface area contributed by atoms with E-state index in [-0.39, 0.29) is 18.3 Å². The molecule has 0 aliphatic carbocycles. The van der Waals surface area contributed by atoms with E-state index in [1.54, 1.807) is 13.0 Å². The highest BCUT2D eigenvalue weighted by Gasteiger charge is 2.07. The molecule has 92 valence electrons. The van der Waals surface area contributed by atoms with Gasteiger partial charge in [-0.2, -0.15) is 0 Å². The molecule has 1 amide bonds. The number of esters is 1. The summed E-state index contributed by atoms with van der Waals surface area (Å²) in [6, 6.07) is 5.45. The Morgan fingerprint density at radius 3 is 2.59 bits per heavy atom. The first-order valence-electron chi connectivity index (χ1n) is 5.55. The molecular weight excluding hydrogens is 218 g/mol. The average molecular weight is 235 g/mol. The monoisotopic (exact) mass is 235 g/mol. The third-order valence-corrected chi connectivity index (χ3v) is 2.30. The van der Waals surface area contributed by atoms with Crippen LogP contribution in [-0.2, 0) is 20.7 Å². The number of hydrogen-bond acceptors (Lipinski definition) is 3. The second kappa shape index (κ2) is 6.03. The van der Waals surface area contributed by atoms with Crippen molar-refractivity contribution >= 4 is 17.6 Å². The smallest absolute Gasteiger partial charge is 0.310 e. The minimum absolute atomic E-state index is 0.109. The Bertz CT molecular complexity index is 427. The SMILES string of the molecule is CCOC(=O)Cc1ccc(NC(C)=O)cc1C. The third-order valence-electron chi connectivity index (χ3n) is 2.30. The van der Waals surface area contributed by atoms with E-state index < -0.39 is 0 Å². The Kier molecular flexibility index (Phi) is 4.69. The summed E-state index contributed by atoms with van der Waals surface area (Å²) in [5, 5.41) is 2.70. The number of benzene rings is 1. The maximum absolute atomic E-state index is 11.3. The van der Waals surface area contributed by atoms with Crippen molar-refractivity contribution in [1.29, 1.82) is 0 Å². The first-order chi connectivity index (χ1) is 8.02. The average Bonchev–Trinajstić information content (AvgIpc) is 2.21. The molecule has 0 radical (unpaired) electrons. The van der Waals surface area contributed by atoms with Gasteiger partial charge in [0.2, 0.25) is 5.91 Å². The first kappa shape index (κ1) is 13.2. The lowest BCUT2D eigenvalue weighted by Crippen LogP contribution is -2.09. The quantitative estimate of drug-likeness (QED) is 0.813. The molecule has 1 N–H and O–H groups in total. The summed E-state index contributed by atoms with van der Waals surface area (Å²) in [6.07, 6.45) is 0.264. The van der Waals surface area contributed by atoms with E-state index in [9.17, 15) is 9.59 Å². The van der Waals surface area contributed by atoms with Crippen molar-refractivity contribution in [3.63, 3.8) is 0 Å². The standard InChI is InChI=1S/C13H17NO3/c1-4-17-13(16)8-11-5-6-12(7-9(11)2)14-10(3)15/h5-7H,4,8H2,1-3H3,(H,14,15). The van der Waals surface area contributed by atoms with Gasteiger partial charge in [0.05, 0.1) is 13.0 Å². The van der Waals surface area contributed by atoms with Crippen LogP contribution in [0, 0.1) is 6.92 Å². The maximum Gasteiger partial charge on any atom is 0.310 e. The van der Waals surface area contributed by atoms with Gasteiger partial charge in [-0.1, -0.05) is 6.07 Å². The molecule has 0 atom stereocenters. The molecule has 0 aliphatic rings. The second-order valence-corrected chi connectivity index (χ2v) is 3.80. The molecule has 0 spiro atoms. The fourth-order valence-electron chi connectivity index (χ4n) is 1.54. The zero-order valence-electron chi connectivity index (χ0n) is 10.4. The van der Waals surface area contributed by atoms with Gasteiger partial charge in [0.1, 0.15) is 0 Å². The summed E-state index contributed by atoms with van der Waals surface area (Å²) >= 11 is 0. The molecule has 0 saturated heterocycles. The van der Waals surface area contributed by atoms with Crippen molar-refractivity contribution in [2.75, 3.05) is 11.9 Å². The molecule has 4 nitrogen and oxygen atoms in total. The highest BCUT2D eigenvalue weighted by Crippen LogP contribution is 2.16. The Hall–Kier alpha value is -1.84. The number of anilines is 1. The Balaban J connectivity index is 2.75. The molecule has 17 heavy (non-hydrogen) atoms. The number of carbonyl (C=O) groups is 2. The summed E-state index contributed by atoms with van der Waals surface area (Å²) in [7, 11) is 0. The third kappa shape index (κ3) is 4.26. The highest BCUT2D eigenvalue weighted by atomic mass is 16.5. The fourth-order valence-corrected chi connectivity index (χ4v) is 1.54. The number of nitrogens with one attached hydrogen (secondary N) is 1. The van der Waals surface area contributed by atoms with Crippen LogP contribution < -0.4 is 5.32 Å². The highest BCUT2D eigenvalue weighted by molar-refractivity contribution is 5.88. The maximum atomic E-state index is 11.3. The molecule has 0 aliphatic heterocycles. The molecule has 0 heterocycles. The number of aryl methyl sites for hydroxylation is 1. The summed E-state index contributed by atoms with van der Waals surface area (Å²) in [6.45, 7) is 5.54. The van der Waals surface area contributed by atoms with E-state index in [2.05, 4.69) is 5.32 Å². The zero-order valence-corrected chi connectivity index (χ0v) is 10.4. The summed E-state index contributed by atoms with van der Waals surface area (Å²) < 4.78 is 4.89. The van der Waals surface area contributed by atoms with Gasteiger partial charge >= 0.3 is 5.97 Å². The van der Waals surface area contributed by atoms with Crippen LogP contribution in [0.5, 0.6) is 0 Å². The number of amides is 1. The predicted octanol–water partition coefficient (Wildman–Crippen LogP) is 2.06. The Morgan fingerprint density at radius 2 is 2.06 bits per heavy atom. The molecular formula is C13H17NO3. The lowest BCUT2D eigenvalue weighted by Gasteiger charge is -2.08. The van der Waals surface area contributed by atoms with Crippen molar-refractivity contribution in [3.8, 4) is 0 Å². The molecule has 0 bridgehead atoms. The first-order valence-corrected chi connectivity index (χ1v) is 5.55. The van der Waals surface area contributed by atoms with Gasteiger partial charge in [0.15, 0.2) is 0 Å². The lowest BCUT2D eigenvalue weighted by atomic mass is 10.1. The van der Waals surface area contributed by atoms with Gasteiger partial charge in [-0.25, -0.2) is 0 Å². The van der Waals surface area contributed by atoms with Crippen molar-refractivity contribution in [1.82, 2.24) is 0 Å². The van der Waals surface area contributed by atoms with Gasteiger partial charge < -0.3 is 10.1 Å². The van der Waals surface area contributed by atoms with Crippen LogP contribution in [0.15, 0.2) is 18.2 Å².